The number of hydrogen-bond acceptors (Lipinski definition) is 3. The van der Waals surface area contributed by atoms with Gasteiger partial charge in [0.2, 0.25) is 5.91 Å². The molecule has 1 amide bonds. The highest BCUT2D eigenvalue weighted by Gasteiger charge is 2.05. The van der Waals surface area contributed by atoms with E-state index in [1.807, 2.05) is 42.5 Å². The third kappa shape index (κ3) is 2.85. The Morgan fingerprint density at radius 3 is 2.95 bits per heavy atom. The summed E-state index contributed by atoms with van der Waals surface area (Å²) in [5.41, 5.74) is 1.63. The van der Waals surface area contributed by atoms with Crippen LogP contribution in [0.25, 0.3) is 10.9 Å². The largest absolute Gasteiger partial charge is 0.469 e. The Morgan fingerprint density at radius 2 is 2.10 bits per heavy atom. The van der Waals surface area contributed by atoms with Crippen molar-refractivity contribution < 1.29 is 9.21 Å². The number of hydrogen-bond donors (Lipinski definition) is 1. The highest BCUT2D eigenvalue weighted by Crippen LogP contribution is 2.16. The molecule has 20 heavy (non-hydrogen) atoms. The molecule has 0 aliphatic rings. The van der Waals surface area contributed by atoms with Gasteiger partial charge in [-0.05, 0) is 24.3 Å². The molecule has 0 aliphatic heterocycles. The number of para-hydroxylation sites is 1. The lowest BCUT2D eigenvalue weighted by atomic mass is 10.2. The molecule has 100 valence electrons. The van der Waals surface area contributed by atoms with E-state index in [-0.39, 0.29) is 5.91 Å². The standard InChI is InChI=1S/C16H14N2O2/c19-16(8-7-14-5-3-9-20-14)18-13-10-12-4-1-2-6-15(12)17-11-13/h1-6,9-11H,7-8H2,(H,18,19). The molecule has 2 heterocycles. The van der Waals surface area contributed by atoms with Crippen molar-refractivity contribution in [3.8, 4) is 0 Å². The van der Waals surface area contributed by atoms with Gasteiger partial charge in [0.05, 0.1) is 23.7 Å². The van der Waals surface area contributed by atoms with Crippen molar-refractivity contribution in [3.05, 3.63) is 60.7 Å². The van der Waals surface area contributed by atoms with Crippen molar-refractivity contribution in [1.29, 1.82) is 0 Å². The summed E-state index contributed by atoms with van der Waals surface area (Å²) in [6.45, 7) is 0. The second kappa shape index (κ2) is 5.57. The van der Waals surface area contributed by atoms with E-state index in [9.17, 15) is 4.79 Å². The van der Waals surface area contributed by atoms with Crippen LogP contribution in [0, 0.1) is 0 Å². The van der Waals surface area contributed by atoms with Crippen molar-refractivity contribution in [1.82, 2.24) is 4.98 Å². The summed E-state index contributed by atoms with van der Waals surface area (Å²) >= 11 is 0. The number of nitrogens with one attached hydrogen (secondary N) is 1. The Bertz CT molecular complexity index is 720. The quantitative estimate of drug-likeness (QED) is 0.787. The zero-order chi connectivity index (χ0) is 13.8. The summed E-state index contributed by atoms with van der Waals surface area (Å²) in [5, 5.41) is 3.86. The van der Waals surface area contributed by atoms with E-state index in [2.05, 4.69) is 10.3 Å². The van der Waals surface area contributed by atoms with E-state index in [0.29, 0.717) is 18.5 Å². The smallest absolute Gasteiger partial charge is 0.224 e. The third-order valence-corrected chi connectivity index (χ3v) is 3.05. The van der Waals surface area contributed by atoms with Gasteiger partial charge in [-0.2, -0.15) is 0 Å². The summed E-state index contributed by atoms with van der Waals surface area (Å²) in [6, 6.07) is 13.4. The molecule has 0 saturated heterocycles. The molecule has 0 fully saturated rings. The molecule has 0 spiro atoms. The van der Waals surface area contributed by atoms with Gasteiger partial charge < -0.3 is 9.73 Å². The van der Waals surface area contributed by atoms with Gasteiger partial charge in [-0.25, -0.2) is 0 Å². The van der Waals surface area contributed by atoms with E-state index in [4.69, 9.17) is 4.42 Å². The van der Waals surface area contributed by atoms with Crippen LogP contribution in [0.4, 0.5) is 5.69 Å². The van der Waals surface area contributed by atoms with Gasteiger partial charge in [0.25, 0.3) is 0 Å². The Hall–Kier alpha value is -2.62. The highest BCUT2D eigenvalue weighted by atomic mass is 16.3. The summed E-state index contributed by atoms with van der Waals surface area (Å²) in [7, 11) is 0. The number of amides is 1. The Kier molecular flexibility index (Phi) is 3.46. The maximum absolute atomic E-state index is 11.9. The van der Waals surface area contributed by atoms with Crippen molar-refractivity contribution in [2.45, 2.75) is 12.8 Å². The number of rotatable bonds is 4. The summed E-state index contributed by atoms with van der Waals surface area (Å²) in [6.07, 6.45) is 4.27. The Labute approximate surface area is 116 Å². The molecule has 4 heteroatoms. The van der Waals surface area contributed by atoms with Crippen molar-refractivity contribution >= 4 is 22.5 Å². The second-order valence-corrected chi connectivity index (χ2v) is 4.54. The molecule has 3 rings (SSSR count). The summed E-state index contributed by atoms with van der Waals surface area (Å²) in [5.74, 6) is 0.773. The monoisotopic (exact) mass is 266 g/mol. The van der Waals surface area contributed by atoms with Gasteiger partial charge in [0, 0.05) is 18.2 Å². The number of pyridine rings is 1. The minimum Gasteiger partial charge on any atom is -0.469 e. The number of aromatic nitrogens is 1. The Morgan fingerprint density at radius 1 is 1.20 bits per heavy atom. The van der Waals surface area contributed by atoms with Crippen molar-refractivity contribution in [2.75, 3.05) is 5.32 Å². The maximum Gasteiger partial charge on any atom is 0.224 e. The third-order valence-electron chi connectivity index (χ3n) is 3.05. The van der Waals surface area contributed by atoms with E-state index in [0.717, 1.165) is 16.7 Å². The first-order valence-electron chi connectivity index (χ1n) is 6.48. The fourth-order valence-electron chi connectivity index (χ4n) is 2.05. The number of nitrogens with zero attached hydrogens (tertiary/aromatic N) is 1. The van der Waals surface area contributed by atoms with Crippen LogP contribution in [0.2, 0.25) is 0 Å². The lowest BCUT2D eigenvalue weighted by molar-refractivity contribution is -0.116. The number of anilines is 1. The highest BCUT2D eigenvalue weighted by molar-refractivity contribution is 5.93. The summed E-state index contributed by atoms with van der Waals surface area (Å²) in [4.78, 5) is 16.2. The first-order valence-corrected chi connectivity index (χ1v) is 6.48. The first kappa shape index (κ1) is 12.4. The number of aryl methyl sites for hydroxylation is 1. The van der Waals surface area contributed by atoms with E-state index in [1.54, 1.807) is 12.5 Å². The van der Waals surface area contributed by atoms with Crippen molar-refractivity contribution in [2.24, 2.45) is 0 Å². The van der Waals surface area contributed by atoms with Crippen molar-refractivity contribution in [3.63, 3.8) is 0 Å². The van der Waals surface area contributed by atoms with E-state index < -0.39 is 0 Å². The van der Waals surface area contributed by atoms with Gasteiger partial charge in [0.15, 0.2) is 0 Å². The number of benzene rings is 1. The van der Waals surface area contributed by atoms with Crippen LogP contribution in [-0.4, -0.2) is 10.9 Å². The van der Waals surface area contributed by atoms with Gasteiger partial charge >= 0.3 is 0 Å². The predicted molar refractivity (Wildman–Crippen MR) is 77.4 cm³/mol. The normalized spacial score (nSPS) is 10.6. The molecule has 0 aliphatic carbocycles. The van der Waals surface area contributed by atoms with Gasteiger partial charge in [-0.1, -0.05) is 18.2 Å². The molecule has 0 saturated carbocycles. The van der Waals surface area contributed by atoms with Crippen LogP contribution in [0.5, 0.6) is 0 Å². The van der Waals surface area contributed by atoms with Gasteiger partial charge in [0.1, 0.15) is 5.76 Å². The number of fused-ring (bicyclic) bond motifs is 1. The topological polar surface area (TPSA) is 55.1 Å². The minimum atomic E-state index is -0.0431. The maximum atomic E-state index is 11.9. The first-order chi connectivity index (χ1) is 9.81. The second-order valence-electron chi connectivity index (χ2n) is 4.54. The molecule has 1 N–H and O–H groups in total. The van der Waals surface area contributed by atoms with Crippen LogP contribution in [0.1, 0.15) is 12.2 Å². The predicted octanol–water partition coefficient (Wildman–Crippen LogP) is 3.40. The zero-order valence-electron chi connectivity index (χ0n) is 10.9. The average Bonchev–Trinajstić information content (AvgIpc) is 2.98. The molecule has 2 aromatic heterocycles. The van der Waals surface area contributed by atoms with Gasteiger partial charge in [-0.3, -0.25) is 9.78 Å². The van der Waals surface area contributed by atoms with E-state index in [1.165, 1.54) is 0 Å². The SMILES string of the molecule is O=C(CCc1ccco1)Nc1cnc2ccccc2c1. The molecular formula is C16H14N2O2. The van der Waals surface area contributed by atoms with Crippen LogP contribution >= 0.6 is 0 Å². The number of carbonyl (C=O) groups is 1. The Balaban J connectivity index is 1.65. The van der Waals surface area contributed by atoms with E-state index >= 15 is 0 Å². The lowest BCUT2D eigenvalue weighted by Gasteiger charge is -2.05. The molecule has 0 bridgehead atoms. The average molecular weight is 266 g/mol. The fraction of sp³-hybridized carbons (Fsp3) is 0.125. The van der Waals surface area contributed by atoms with Crippen LogP contribution in [0.15, 0.2) is 59.3 Å². The molecule has 0 atom stereocenters. The molecule has 4 nitrogen and oxygen atoms in total. The number of furan rings is 1. The molecule has 3 aromatic rings. The summed E-state index contributed by atoms with van der Waals surface area (Å²) < 4.78 is 5.20. The molecule has 1 aromatic carbocycles. The van der Waals surface area contributed by atoms with Crippen LogP contribution < -0.4 is 5.32 Å². The number of carbonyl (C=O) groups excluding carboxylic acids is 1. The lowest BCUT2D eigenvalue weighted by Crippen LogP contribution is -2.12. The molecule has 0 radical (unpaired) electrons. The molecular weight excluding hydrogens is 252 g/mol. The zero-order valence-corrected chi connectivity index (χ0v) is 10.9. The van der Waals surface area contributed by atoms with Gasteiger partial charge in [-0.15, -0.1) is 0 Å². The van der Waals surface area contributed by atoms with Crippen LogP contribution in [0.3, 0.4) is 0 Å². The van der Waals surface area contributed by atoms with Crippen LogP contribution in [-0.2, 0) is 11.2 Å². The minimum absolute atomic E-state index is 0.0431. The molecule has 0 unspecified atom stereocenters. The fourth-order valence-corrected chi connectivity index (χ4v) is 2.05.